The molecular weight excluding hydrogens is 356 g/mol. The molecule has 1 N–H and O–H groups in total. The predicted molar refractivity (Wildman–Crippen MR) is 95.0 cm³/mol. The number of sulfonamides is 1. The Balaban J connectivity index is 1.75. The van der Waals surface area contributed by atoms with Crippen molar-refractivity contribution in [1.82, 2.24) is 19.4 Å². The van der Waals surface area contributed by atoms with Crippen molar-refractivity contribution >= 4 is 15.9 Å². The number of amides is 1. The van der Waals surface area contributed by atoms with Crippen molar-refractivity contribution in [2.24, 2.45) is 0 Å². The maximum atomic E-state index is 12.5. The van der Waals surface area contributed by atoms with E-state index < -0.39 is 10.0 Å². The summed E-state index contributed by atoms with van der Waals surface area (Å²) in [6.45, 7) is 3.52. The van der Waals surface area contributed by atoms with E-state index in [9.17, 15) is 13.2 Å². The Morgan fingerprint density at radius 3 is 2.81 bits per heavy atom. The summed E-state index contributed by atoms with van der Waals surface area (Å²) in [6.07, 6.45) is 0.820. The number of hydrogen-bond donors (Lipinski definition) is 1. The molecular formula is C17H22N4O4S. The lowest BCUT2D eigenvalue weighted by Crippen LogP contribution is -2.28. The molecule has 2 heterocycles. The van der Waals surface area contributed by atoms with Gasteiger partial charge in [0, 0.05) is 20.0 Å². The van der Waals surface area contributed by atoms with Crippen LogP contribution in [0.3, 0.4) is 0 Å². The van der Waals surface area contributed by atoms with E-state index in [1.54, 1.807) is 30.0 Å². The molecule has 1 amide bonds. The topological polar surface area (TPSA) is 93.5 Å². The van der Waals surface area contributed by atoms with Crippen molar-refractivity contribution < 1.29 is 17.9 Å². The number of hydrogen-bond acceptors (Lipinski definition) is 5. The quantitative estimate of drug-likeness (QED) is 0.842. The SMILES string of the molecule is COc1ccccc1S(=O)(=O)NCc1cc2n(n1)CCCN(C(C)=O)C2. The van der Waals surface area contributed by atoms with Crippen LogP contribution in [0.4, 0.5) is 0 Å². The van der Waals surface area contributed by atoms with E-state index in [2.05, 4.69) is 9.82 Å². The van der Waals surface area contributed by atoms with E-state index >= 15 is 0 Å². The molecule has 1 aromatic heterocycles. The largest absolute Gasteiger partial charge is 0.495 e. The number of aryl methyl sites for hydroxylation is 1. The minimum Gasteiger partial charge on any atom is -0.495 e. The number of ether oxygens (including phenoxy) is 1. The van der Waals surface area contributed by atoms with Gasteiger partial charge >= 0.3 is 0 Å². The minimum absolute atomic E-state index is 0.0260. The smallest absolute Gasteiger partial charge is 0.244 e. The van der Waals surface area contributed by atoms with Crippen LogP contribution < -0.4 is 9.46 Å². The average Bonchev–Trinajstić information content (AvgIpc) is 2.90. The van der Waals surface area contributed by atoms with Crippen LogP contribution in [0.5, 0.6) is 5.75 Å². The Morgan fingerprint density at radius 2 is 2.08 bits per heavy atom. The first-order valence-corrected chi connectivity index (χ1v) is 9.83. The zero-order valence-electron chi connectivity index (χ0n) is 14.8. The number of para-hydroxylation sites is 1. The molecule has 2 aromatic rings. The number of carbonyl (C=O) groups is 1. The average molecular weight is 378 g/mol. The molecule has 0 atom stereocenters. The van der Waals surface area contributed by atoms with Crippen molar-refractivity contribution in [3.63, 3.8) is 0 Å². The zero-order valence-corrected chi connectivity index (χ0v) is 15.6. The number of aromatic nitrogens is 2. The number of benzene rings is 1. The molecule has 0 radical (unpaired) electrons. The first kappa shape index (κ1) is 18.4. The van der Waals surface area contributed by atoms with Gasteiger partial charge in [-0.25, -0.2) is 13.1 Å². The van der Waals surface area contributed by atoms with Crippen molar-refractivity contribution in [3.05, 3.63) is 41.7 Å². The van der Waals surface area contributed by atoms with Crippen LogP contribution >= 0.6 is 0 Å². The van der Waals surface area contributed by atoms with Crippen LogP contribution in [-0.2, 0) is 34.5 Å². The van der Waals surface area contributed by atoms with Crippen molar-refractivity contribution in [2.45, 2.75) is 37.9 Å². The fourth-order valence-electron chi connectivity index (χ4n) is 2.96. The van der Waals surface area contributed by atoms with Gasteiger partial charge in [-0.1, -0.05) is 12.1 Å². The molecule has 26 heavy (non-hydrogen) atoms. The standard InChI is InChI=1S/C17H22N4O4S/c1-13(22)20-8-5-9-21-15(12-20)10-14(19-21)11-18-26(23,24)17-7-4-3-6-16(17)25-2/h3-4,6-7,10,18H,5,8-9,11-12H2,1-2H3. The molecule has 0 bridgehead atoms. The van der Waals surface area contributed by atoms with E-state index in [4.69, 9.17) is 4.74 Å². The highest BCUT2D eigenvalue weighted by molar-refractivity contribution is 7.89. The third-order valence-electron chi connectivity index (χ3n) is 4.31. The predicted octanol–water partition coefficient (Wildman–Crippen LogP) is 1.12. The first-order chi connectivity index (χ1) is 12.4. The van der Waals surface area contributed by atoms with Crippen molar-refractivity contribution in [3.8, 4) is 5.75 Å². The van der Waals surface area contributed by atoms with Gasteiger partial charge in [-0.15, -0.1) is 0 Å². The molecule has 1 aliphatic rings. The Hall–Kier alpha value is -2.39. The van der Waals surface area contributed by atoms with Gasteiger partial charge in [-0.3, -0.25) is 9.48 Å². The lowest BCUT2D eigenvalue weighted by Gasteiger charge is -2.17. The van der Waals surface area contributed by atoms with E-state index in [1.165, 1.54) is 13.2 Å². The Bertz CT molecular complexity index is 907. The zero-order chi connectivity index (χ0) is 18.7. The second-order valence-electron chi connectivity index (χ2n) is 6.12. The maximum absolute atomic E-state index is 12.5. The van der Waals surface area contributed by atoms with E-state index in [1.807, 2.05) is 10.7 Å². The van der Waals surface area contributed by atoms with E-state index in [-0.39, 0.29) is 23.1 Å². The van der Waals surface area contributed by atoms with Crippen LogP contribution in [0, 0.1) is 0 Å². The van der Waals surface area contributed by atoms with E-state index in [0.29, 0.717) is 25.3 Å². The summed E-state index contributed by atoms with van der Waals surface area (Å²) >= 11 is 0. The number of rotatable bonds is 5. The van der Waals surface area contributed by atoms with Crippen LogP contribution in [0.2, 0.25) is 0 Å². The molecule has 0 fully saturated rings. The Labute approximate surface area is 152 Å². The summed E-state index contributed by atoms with van der Waals surface area (Å²) in [6, 6.07) is 8.29. The molecule has 1 aromatic carbocycles. The summed E-state index contributed by atoms with van der Waals surface area (Å²) in [4.78, 5) is 13.5. The van der Waals surface area contributed by atoms with Crippen LogP contribution in [0.1, 0.15) is 24.7 Å². The fraction of sp³-hybridized carbons (Fsp3) is 0.412. The number of nitrogens with zero attached hydrogens (tertiary/aromatic N) is 3. The lowest BCUT2D eigenvalue weighted by molar-refractivity contribution is -0.129. The lowest BCUT2D eigenvalue weighted by atomic mass is 10.3. The van der Waals surface area contributed by atoms with Crippen molar-refractivity contribution in [2.75, 3.05) is 13.7 Å². The second kappa shape index (κ2) is 7.46. The maximum Gasteiger partial charge on any atom is 0.244 e. The molecule has 140 valence electrons. The molecule has 3 rings (SSSR count). The second-order valence-corrected chi connectivity index (χ2v) is 7.86. The molecule has 0 saturated heterocycles. The number of fused-ring (bicyclic) bond motifs is 1. The highest BCUT2D eigenvalue weighted by atomic mass is 32.2. The van der Waals surface area contributed by atoms with Crippen molar-refractivity contribution in [1.29, 1.82) is 0 Å². The molecule has 0 unspecified atom stereocenters. The van der Waals surface area contributed by atoms with Gasteiger partial charge in [0.15, 0.2) is 0 Å². The normalized spacial score (nSPS) is 14.6. The number of methoxy groups -OCH3 is 1. The monoisotopic (exact) mass is 378 g/mol. The first-order valence-electron chi connectivity index (χ1n) is 8.34. The van der Waals surface area contributed by atoms with Crippen LogP contribution in [0.25, 0.3) is 0 Å². The van der Waals surface area contributed by atoms with E-state index in [0.717, 1.165) is 12.1 Å². The summed E-state index contributed by atoms with van der Waals surface area (Å²) < 4.78 is 34.6. The van der Waals surface area contributed by atoms with Gasteiger partial charge in [0.05, 0.1) is 31.6 Å². The Morgan fingerprint density at radius 1 is 1.31 bits per heavy atom. The Kier molecular flexibility index (Phi) is 5.28. The van der Waals surface area contributed by atoms with Gasteiger partial charge in [-0.2, -0.15) is 5.10 Å². The molecule has 0 aliphatic carbocycles. The minimum atomic E-state index is -3.72. The fourth-order valence-corrected chi connectivity index (χ4v) is 4.13. The van der Waals surface area contributed by atoms with Gasteiger partial charge in [-0.05, 0) is 24.6 Å². The van der Waals surface area contributed by atoms with Crippen LogP contribution in [0.15, 0.2) is 35.2 Å². The third kappa shape index (κ3) is 3.88. The summed E-state index contributed by atoms with van der Waals surface area (Å²) in [5, 5.41) is 4.46. The highest BCUT2D eigenvalue weighted by Gasteiger charge is 2.21. The highest BCUT2D eigenvalue weighted by Crippen LogP contribution is 2.23. The molecule has 8 nitrogen and oxygen atoms in total. The summed E-state index contributed by atoms with van der Waals surface area (Å²) in [5.41, 5.74) is 1.52. The van der Waals surface area contributed by atoms with Gasteiger partial charge in [0.2, 0.25) is 15.9 Å². The van der Waals surface area contributed by atoms with Gasteiger partial charge < -0.3 is 9.64 Å². The summed E-state index contributed by atoms with van der Waals surface area (Å²) in [5.74, 6) is 0.316. The molecule has 9 heteroatoms. The number of carbonyl (C=O) groups excluding carboxylic acids is 1. The van der Waals surface area contributed by atoms with Gasteiger partial charge in [0.25, 0.3) is 0 Å². The molecule has 1 aliphatic heterocycles. The number of nitrogens with one attached hydrogen (secondary N) is 1. The summed E-state index contributed by atoms with van der Waals surface area (Å²) in [7, 11) is -2.29. The van der Waals surface area contributed by atoms with Gasteiger partial charge in [0.1, 0.15) is 10.6 Å². The molecule has 0 spiro atoms. The third-order valence-corrected chi connectivity index (χ3v) is 5.75. The van der Waals surface area contributed by atoms with Crippen LogP contribution in [-0.4, -0.2) is 42.7 Å². The molecule has 0 saturated carbocycles.